The van der Waals surface area contributed by atoms with Crippen molar-refractivity contribution in [1.29, 1.82) is 0 Å². The highest BCUT2D eigenvalue weighted by atomic mass is 32.2. The second-order valence-electron chi connectivity index (χ2n) is 7.02. The zero-order valence-corrected chi connectivity index (χ0v) is 18.4. The summed E-state index contributed by atoms with van der Waals surface area (Å²) in [6.07, 6.45) is -0.367. The van der Waals surface area contributed by atoms with Crippen LogP contribution in [-0.4, -0.2) is 44.3 Å². The largest absolute Gasteiger partial charge is 0.491 e. The van der Waals surface area contributed by atoms with Gasteiger partial charge in [-0.15, -0.1) is 11.8 Å². The van der Waals surface area contributed by atoms with E-state index in [1.165, 1.54) is 10.5 Å². The Morgan fingerprint density at radius 2 is 1.79 bits per heavy atom. The monoisotopic (exact) mass is 418 g/mol. The highest BCUT2D eigenvalue weighted by Crippen LogP contribution is 2.27. The van der Waals surface area contributed by atoms with Crippen LogP contribution in [0.5, 0.6) is 11.5 Å². The number of rotatable bonds is 11. The molecule has 1 atom stereocenters. The highest BCUT2D eigenvalue weighted by Gasteiger charge is 2.27. The Balaban J connectivity index is 1.46. The molecule has 29 heavy (non-hydrogen) atoms. The van der Waals surface area contributed by atoms with Crippen molar-refractivity contribution in [2.75, 3.05) is 25.6 Å². The van der Waals surface area contributed by atoms with Gasteiger partial charge in [-0.3, -0.25) is 0 Å². The lowest BCUT2D eigenvalue weighted by Crippen LogP contribution is -2.42. The first-order valence-electron chi connectivity index (χ1n) is 10.0. The second kappa shape index (κ2) is 10.9. The Labute approximate surface area is 177 Å². The van der Waals surface area contributed by atoms with Gasteiger partial charge < -0.3 is 23.7 Å². The molecule has 158 valence electrons. The maximum atomic E-state index is 5.90. The molecule has 2 aromatic carbocycles. The molecule has 3 rings (SSSR count). The van der Waals surface area contributed by atoms with Gasteiger partial charge in [-0.05, 0) is 63.6 Å². The van der Waals surface area contributed by atoms with Crippen LogP contribution < -0.4 is 9.47 Å². The lowest BCUT2D eigenvalue weighted by Gasteiger charge is -2.33. The summed E-state index contributed by atoms with van der Waals surface area (Å²) >= 11 is 1.76. The molecule has 0 N–H and O–H groups in total. The van der Waals surface area contributed by atoms with Crippen LogP contribution >= 0.6 is 11.8 Å². The van der Waals surface area contributed by atoms with E-state index in [9.17, 15) is 0 Å². The number of aryl methyl sites for hydroxylation is 2. The third-order valence-corrected chi connectivity index (χ3v) is 5.63. The van der Waals surface area contributed by atoms with Crippen LogP contribution in [0, 0.1) is 13.8 Å². The number of thioether (sulfide) groups is 1. The normalized spacial score (nSPS) is 19.4. The molecule has 1 heterocycles. The summed E-state index contributed by atoms with van der Waals surface area (Å²) in [5, 5.41) is 0. The van der Waals surface area contributed by atoms with Crippen molar-refractivity contribution in [3.05, 3.63) is 53.6 Å². The molecular weight excluding hydrogens is 388 g/mol. The van der Waals surface area contributed by atoms with Gasteiger partial charge in [0.25, 0.3) is 0 Å². The molecule has 0 amide bonds. The van der Waals surface area contributed by atoms with Crippen LogP contribution in [0.3, 0.4) is 0 Å². The number of hydrogen-bond donors (Lipinski definition) is 0. The summed E-state index contributed by atoms with van der Waals surface area (Å²) in [6.45, 7) is 9.59. The molecule has 1 saturated heterocycles. The minimum absolute atomic E-state index is 0.0254. The Morgan fingerprint density at radius 3 is 2.45 bits per heavy atom. The average molecular weight is 419 g/mol. The van der Waals surface area contributed by atoms with E-state index in [0.29, 0.717) is 19.8 Å². The summed E-state index contributed by atoms with van der Waals surface area (Å²) in [4.78, 5) is 1.18. The third-order valence-electron chi connectivity index (χ3n) is 4.50. The van der Waals surface area contributed by atoms with Gasteiger partial charge in [-0.1, -0.05) is 17.7 Å². The Kier molecular flexibility index (Phi) is 8.24. The molecule has 2 aromatic rings. The van der Waals surface area contributed by atoms with Gasteiger partial charge in [-0.2, -0.15) is 0 Å². The van der Waals surface area contributed by atoms with Gasteiger partial charge >= 0.3 is 0 Å². The zero-order valence-electron chi connectivity index (χ0n) is 17.6. The fourth-order valence-corrected chi connectivity index (χ4v) is 3.94. The second-order valence-corrected chi connectivity index (χ2v) is 8.11. The number of benzene rings is 2. The molecule has 0 bridgehead atoms. The minimum Gasteiger partial charge on any atom is -0.491 e. The molecule has 1 unspecified atom stereocenters. The van der Waals surface area contributed by atoms with Crippen LogP contribution in [0.25, 0.3) is 0 Å². The Morgan fingerprint density at radius 1 is 1.03 bits per heavy atom. The highest BCUT2D eigenvalue weighted by molar-refractivity contribution is 7.99. The fraction of sp³-hybridized carbons (Fsp3) is 0.478. The number of hydrogen-bond acceptors (Lipinski definition) is 6. The van der Waals surface area contributed by atoms with Gasteiger partial charge in [0.1, 0.15) is 30.8 Å². The van der Waals surface area contributed by atoms with Gasteiger partial charge in [0.15, 0.2) is 12.6 Å². The van der Waals surface area contributed by atoms with Crippen LogP contribution in [0.15, 0.2) is 47.4 Å². The molecule has 0 spiro atoms. The van der Waals surface area contributed by atoms with Crippen LogP contribution in [-0.2, 0) is 14.2 Å². The minimum atomic E-state index is -0.265. The lowest BCUT2D eigenvalue weighted by atomic mass is 10.2. The van der Waals surface area contributed by atoms with E-state index in [4.69, 9.17) is 23.7 Å². The smallest absolute Gasteiger partial charge is 0.197 e. The first kappa shape index (κ1) is 22.0. The molecule has 0 saturated carbocycles. The fourth-order valence-electron chi connectivity index (χ4n) is 2.94. The Bertz CT molecular complexity index is 758. The summed E-state index contributed by atoms with van der Waals surface area (Å²) < 4.78 is 28.4. The van der Waals surface area contributed by atoms with Crippen LogP contribution in [0.2, 0.25) is 0 Å². The summed E-state index contributed by atoms with van der Waals surface area (Å²) in [5.41, 5.74) is 2.31. The molecule has 1 fully saturated rings. The van der Waals surface area contributed by atoms with Gasteiger partial charge in [0, 0.05) is 17.3 Å². The quantitative estimate of drug-likeness (QED) is 0.480. The summed E-state index contributed by atoms with van der Waals surface area (Å²) in [7, 11) is 0. The standard InChI is InChI=1S/C23H30O5S/c1-5-24-20(13-25-19-8-6-16(2)7-9-19)15-29-21-10-11-22(17(3)12-21)26-14-23-27-18(4)28-23/h6-12,18,20,23H,5,13-15H2,1-4H3. The maximum absolute atomic E-state index is 5.90. The van der Waals surface area contributed by atoms with Crippen molar-refractivity contribution in [1.82, 2.24) is 0 Å². The van der Waals surface area contributed by atoms with Crippen LogP contribution in [0.4, 0.5) is 0 Å². The molecule has 5 nitrogen and oxygen atoms in total. The SMILES string of the molecule is CCOC(COc1ccc(C)cc1)CSc1ccc(OCC2OC(C)O2)c(C)c1. The van der Waals surface area contributed by atoms with E-state index < -0.39 is 0 Å². The van der Waals surface area contributed by atoms with E-state index in [1.54, 1.807) is 11.8 Å². The van der Waals surface area contributed by atoms with Crippen molar-refractivity contribution in [2.24, 2.45) is 0 Å². The molecule has 0 aromatic heterocycles. The van der Waals surface area contributed by atoms with E-state index in [1.807, 2.05) is 39.0 Å². The zero-order chi connectivity index (χ0) is 20.6. The van der Waals surface area contributed by atoms with Crippen molar-refractivity contribution < 1.29 is 23.7 Å². The lowest BCUT2D eigenvalue weighted by molar-refractivity contribution is -0.380. The van der Waals surface area contributed by atoms with E-state index in [2.05, 4.69) is 31.2 Å². The summed E-state index contributed by atoms with van der Waals surface area (Å²) in [5.74, 6) is 2.54. The molecule has 1 aliphatic rings. The molecule has 6 heteroatoms. The molecule has 0 aliphatic carbocycles. The first-order valence-corrected chi connectivity index (χ1v) is 11.0. The van der Waals surface area contributed by atoms with Gasteiger partial charge in [0.2, 0.25) is 0 Å². The molecule has 1 aliphatic heterocycles. The third kappa shape index (κ3) is 6.93. The van der Waals surface area contributed by atoms with E-state index in [-0.39, 0.29) is 18.7 Å². The molecule has 0 radical (unpaired) electrons. The van der Waals surface area contributed by atoms with Gasteiger partial charge in [0.05, 0.1) is 0 Å². The molecular formula is C23H30O5S. The maximum Gasteiger partial charge on any atom is 0.197 e. The Hall–Kier alpha value is -1.73. The summed E-state index contributed by atoms with van der Waals surface area (Å²) in [6, 6.07) is 14.3. The van der Waals surface area contributed by atoms with Crippen molar-refractivity contribution in [3.8, 4) is 11.5 Å². The van der Waals surface area contributed by atoms with Crippen molar-refractivity contribution >= 4 is 11.8 Å². The van der Waals surface area contributed by atoms with Gasteiger partial charge in [-0.25, -0.2) is 0 Å². The first-order chi connectivity index (χ1) is 14.0. The predicted molar refractivity (Wildman–Crippen MR) is 115 cm³/mol. The number of ether oxygens (including phenoxy) is 5. The van der Waals surface area contributed by atoms with E-state index in [0.717, 1.165) is 22.8 Å². The topological polar surface area (TPSA) is 46.2 Å². The van der Waals surface area contributed by atoms with Crippen LogP contribution in [0.1, 0.15) is 25.0 Å². The average Bonchev–Trinajstić information content (AvgIpc) is 2.69. The van der Waals surface area contributed by atoms with E-state index >= 15 is 0 Å². The predicted octanol–water partition coefficient (Wildman–Crippen LogP) is 4.98. The van der Waals surface area contributed by atoms with Crippen molar-refractivity contribution in [2.45, 2.75) is 51.3 Å². The van der Waals surface area contributed by atoms with Crippen molar-refractivity contribution in [3.63, 3.8) is 0 Å².